The molecule has 4 N–H and O–H groups in total. The van der Waals surface area contributed by atoms with Crippen LogP contribution in [0.4, 0.5) is 17.1 Å². The first-order valence-electron chi connectivity index (χ1n) is 8.93. The molecule has 3 aromatic rings. The van der Waals surface area contributed by atoms with Crippen molar-refractivity contribution in [2.45, 2.75) is 16.7 Å². The zero-order valence-electron chi connectivity index (χ0n) is 17.0. The van der Waals surface area contributed by atoms with Crippen molar-refractivity contribution in [3.8, 4) is 11.5 Å². The van der Waals surface area contributed by atoms with Crippen molar-refractivity contribution in [1.82, 2.24) is 0 Å². The van der Waals surface area contributed by atoms with Crippen LogP contribution < -0.4 is 10.1 Å². The maximum atomic E-state index is 12.0. The van der Waals surface area contributed by atoms with Crippen LogP contribution in [0.5, 0.6) is 11.5 Å². The van der Waals surface area contributed by atoms with E-state index in [1.165, 1.54) is 38.3 Å². The third-order valence-electron chi connectivity index (χ3n) is 4.35. The molecule has 0 spiro atoms. The lowest BCUT2D eigenvalue weighted by atomic mass is 10.1. The van der Waals surface area contributed by atoms with E-state index in [4.69, 9.17) is 4.74 Å². The molecule has 3 rings (SSSR count). The summed E-state index contributed by atoms with van der Waals surface area (Å²) in [6.07, 6.45) is 0. The van der Waals surface area contributed by atoms with Gasteiger partial charge in [-0.25, -0.2) is 0 Å². The molecule has 3 aromatic carbocycles. The predicted molar refractivity (Wildman–Crippen MR) is 117 cm³/mol. The van der Waals surface area contributed by atoms with Gasteiger partial charge in [0.15, 0.2) is 5.75 Å². The Labute approximate surface area is 188 Å². The number of carbonyl (C=O) groups is 1. The van der Waals surface area contributed by atoms with Crippen LogP contribution >= 0.6 is 0 Å². The van der Waals surface area contributed by atoms with E-state index < -0.39 is 41.5 Å². The van der Waals surface area contributed by atoms with E-state index in [0.717, 1.165) is 18.2 Å². The van der Waals surface area contributed by atoms with Gasteiger partial charge in [0, 0.05) is 24.1 Å². The molecule has 0 atom stereocenters. The average Bonchev–Trinajstić information content (AvgIpc) is 2.71. The van der Waals surface area contributed by atoms with E-state index in [1.54, 1.807) is 0 Å². The minimum atomic E-state index is -4.93. The SMILES string of the molecule is COc1ccc(N=Nc2c(S(=O)(=O)O)cc3cc(NC(C)=O)ccc3c2O)c(S(=O)(=O)O)c1. The molecule has 0 fully saturated rings. The molecule has 14 heteroatoms. The highest BCUT2D eigenvalue weighted by atomic mass is 32.2. The number of phenols is 1. The number of hydrogen-bond acceptors (Lipinski definition) is 9. The molecule has 0 aliphatic carbocycles. The third-order valence-corrected chi connectivity index (χ3v) is 6.10. The minimum Gasteiger partial charge on any atom is -0.505 e. The highest BCUT2D eigenvalue weighted by Crippen LogP contribution is 2.42. The van der Waals surface area contributed by atoms with Gasteiger partial charge in [-0.05, 0) is 41.8 Å². The molecule has 0 aliphatic heterocycles. The Morgan fingerprint density at radius 2 is 1.61 bits per heavy atom. The lowest BCUT2D eigenvalue weighted by molar-refractivity contribution is -0.114. The summed E-state index contributed by atoms with van der Waals surface area (Å²) in [6.45, 7) is 1.27. The van der Waals surface area contributed by atoms with Crippen LogP contribution in [0, 0.1) is 0 Å². The highest BCUT2D eigenvalue weighted by molar-refractivity contribution is 7.86. The third kappa shape index (κ3) is 5.25. The summed E-state index contributed by atoms with van der Waals surface area (Å²) in [6, 6.07) is 8.61. The first-order chi connectivity index (χ1) is 15.3. The molecular weight excluding hydrogens is 478 g/mol. The molecular formula is C19H17N3O9S2. The van der Waals surface area contributed by atoms with Crippen molar-refractivity contribution >= 4 is 54.0 Å². The van der Waals surface area contributed by atoms with E-state index in [9.17, 15) is 35.8 Å². The summed E-state index contributed by atoms with van der Waals surface area (Å²) in [5, 5.41) is 20.7. The number of methoxy groups -OCH3 is 1. The van der Waals surface area contributed by atoms with Gasteiger partial charge in [-0.2, -0.15) is 16.8 Å². The van der Waals surface area contributed by atoms with Crippen LogP contribution in [0.3, 0.4) is 0 Å². The summed E-state index contributed by atoms with van der Waals surface area (Å²) < 4.78 is 71.3. The van der Waals surface area contributed by atoms with Crippen molar-refractivity contribution in [2.24, 2.45) is 10.2 Å². The first kappa shape index (κ1) is 24.1. The summed E-state index contributed by atoms with van der Waals surface area (Å²) in [5.74, 6) is -0.975. The largest absolute Gasteiger partial charge is 0.505 e. The van der Waals surface area contributed by atoms with Crippen molar-refractivity contribution in [2.75, 3.05) is 12.4 Å². The van der Waals surface area contributed by atoms with Crippen LogP contribution in [-0.2, 0) is 25.0 Å². The molecule has 33 heavy (non-hydrogen) atoms. The van der Waals surface area contributed by atoms with Gasteiger partial charge < -0.3 is 15.2 Å². The Morgan fingerprint density at radius 1 is 0.939 bits per heavy atom. The van der Waals surface area contributed by atoms with Gasteiger partial charge in [0.05, 0.1) is 7.11 Å². The smallest absolute Gasteiger partial charge is 0.296 e. The van der Waals surface area contributed by atoms with Crippen molar-refractivity contribution in [3.05, 3.63) is 42.5 Å². The highest BCUT2D eigenvalue weighted by Gasteiger charge is 2.23. The normalized spacial score (nSPS) is 12.2. The van der Waals surface area contributed by atoms with E-state index in [0.29, 0.717) is 5.69 Å². The second kappa shape index (κ2) is 8.74. The van der Waals surface area contributed by atoms with Crippen LogP contribution in [0.25, 0.3) is 10.8 Å². The van der Waals surface area contributed by atoms with Crippen molar-refractivity contribution in [3.63, 3.8) is 0 Å². The molecule has 0 heterocycles. The average molecular weight is 495 g/mol. The lowest BCUT2D eigenvalue weighted by Gasteiger charge is -2.11. The molecule has 0 aliphatic rings. The van der Waals surface area contributed by atoms with Gasteiger partial charge in [-0.3, -0.25) is 13.9 Å². The summed E-state index contributed by atoms with van der Waals surface area (Å²) in [7, 11) is -8.42. The van der Waals surface area contributed by atoms with Gasteiger partial charge in [-0.15, -0.1) is 10.2 Å². The molecule has 0 radical (unpaired) electrons. The van der Waals surface area contributed by atoms with E-state index >= 15 is 0 Å². The quantitative estimate of drug-likeness (QED) is 0.293. The van der Waals surface area contributed by atoms with Gasteiger partial charge in [0.1, 0.15) is 26.9 Å². The van der Waals surface area contributed by atoms with Crippen LogP contribution in [0.15, 0.2) is 62.5 Å². The van der Waals surface area contributed by atoms with Gasteiger partial charge in [-0.1, -0.05) is 0 Å². The number of benzene rings is 3. The number of aromatic hydroxyl groups is 1. The Morgan fingerprint density at radius 3 is 2.18 bits per heavy atom. The zero-order valence-corrected chi connectivity index (χ0v) is 18.7. The van der Waals surface area contributed by atoms with Crippen LogP contribution in [0.1, 0.15) is 6.92 Å². The first-order valence-corrected chi connectivity index (χ1v) is 11.8. The Hall–Kier alpha value is -3.59. The van der Waals surface area contributed by atoms with E-state index in [1.807, 2.05) is 0 Å². The fraction of sp³-hybridized carbons (Fsp3) is 0.105. The maximum Gasteiger partial charge on any atom is 0.296 e. The van der Waals surface area contributed by atoms with Gasteiger partial charge in [0.2, 0.25) is 5.91 Å². The molecule has 174 valence electrons. The molecule has 1 amide bonds. The predicted octanol–water partition coefficient (Wildman–Crippen LogP) is 3.42. The Bertz CT molecular complexity index is 1520. The molecule has 0 saturated carbocycles. The van der Waals surface area contributed by atoms with E-state index in [2.05, 4.69) is 15.5 Å². The van der Waals surface area contributed by atoms with E-state index in [-0.39, 0.29) is 28.1 Å². The number of rotatable bonds is 6. The molecule has 12 nitrogen and oxygen atoms in total. The molecule has 0 saturated heterocycles. The Balaban J connectivity index is 2.24. The van der Waals surface area contributed by atoms with Gasteiger partial charge >= 0.3 is 0 Å². The number of amides is 1. The molecule has 0 unspecified atom stereocenters. The van der Waals surface area contributed by atoms with Crippen LogP contribution in [0.2, 0.25) is 0 Å². The fourth-order valence-corrected chi connectivity index (χ4v) is 4.24. The molecule has 0 aromatic heterocycles. The molecule has 0 bridgehead atoms. The second-order valence-electron chi connectivity index (χ2n) is 6.67. The van der Waals surface area contributed by atoms with Crippen molar-refractivity contribution < 1.29 is 40.6 Å². The maximum absolute atomic E-state index is 12.0. The lowest BCUT2D eigenvalue weighted by Crippen LogP contribution is -2.05. The number of phenolic OH excluding ortho intramolecular Hbond substituents is 1. The standard InChI is InChI=1S/C19H17N3O9S2/c1-10(23)20-12-3-5-14-11(7-12)8-17(33(28,29)30)18(19(14)24)22-21-15-6-4-13(31-2)9-16(15)32(25,26)27/h3-9,24H,1-2H3,(H,20,23)(H,25,26,27)(H,28,29,30). The minimum absolute atomic E-state index is 0.0868. The summed E-state index contributed by atoms with van der Waals surface area (Å²) in [4.78, 5) is 9.76. The topological polar surface area (TPSA) is 192 Å². The van der Waals surface area contributed by atoms with Crippen molar-refractivity contribution in [1.29, 1.82) is 0 Å². The number of nitrogens with one attached hydrogen (secondary N) is 1. The number of carbonyl (C=O) groups excluding carboxylic acids is 1. The Kier molecular flexibility index (Phi) is 6.37. The fourth-order valence-electron chi connectivity index (χ4n) is 2.94. The number of fused-ring (bicyclic) bond motifs is 1. The number of anilines is 1. The summed E-state index contributed by atoms with van der Waals surface area (Å²) in [5.41, 5.74) is -0.754. The van der Waals surface area contributed by atoms with Gasteiger partial charge in [0.25, 0.3) is 20.2 Å². The monoisotopic (exact) mass is 495 g/mol. The number of hydrogen-bond donors (Lipinski definition) is 4. The summed E-state index contributed by atoms with van der Waals surface area (Å²) >= 11 is 0. The number of azo groups is 1. The van der Waals surface area contributed by atoms with Crippen LogP contribution in [-0.4, -0.2) is 44.1 Å². The number of nitrogens with zero attached hydrogens (tertiary/aromatic N) is 2. The number of ether oxygens (including phenoxy) is 1. The zero-order chi connectivity index (χ0) is 24.6. The second-order valence-corrected chi connectivity index (χ2v) is 9.45.